The Labute approximate surface area is 143 Å². The van der Waals surface area contributed by atoms with E-state index in [1.165, 1.54) is 0 Å². The molecular weight excluding hydrogens is 300 g/mol. The fourth-order valence-electron chi connectivity index (χ4n) is 3.56. The molecule has 4 nitrogen and oxygen atoms in total. The highest BCUT2D eigenvalue weighted by Crippen LogP contribution is 2.20. The average Bonchev–Trinajstić information content (AvgIpc) is 3.28. The monoisotopic (exact) mass is 326 g/mol. The zero-order chi connectivity index (χ0) is 16.8. The third-order valence-corrected chi connectivity index (χ3v) is 4.89. The molecule has 0 unspecified atom stereocenters. The topological polar surface area (TPSA) is 49.4 Å². The number of hydrogen-bond acceptors (Lipinski definition) is 2. The van der Waals surface area contributed by atoms with Crippen LogP contribution in [0, 0.1) is 5.92 Å². The fraction of sp³-hybridized carbons (Fsp3) is 0.500. The molecule has 1 heterocycles. The van der Waals surface area contributed by atoms with Gasteiger partial charge in [0.1, 0.15) is 6.04 Å². The average molecular weight is 326 g/mol. The molecule has 0 saturated carbocycles. The van der Waals surface area contributed by atoms with Crippen LogP contribution in [0.2, 0.25) is 0 Å². The standard InChI is InChI=1S/C20H26N2O2/c23-19(15-17-10-4-5-11-17)21-18(14-16-8-2-1-3-9-16)20(24)22-12-6-7-13-22/h1-4,8-10,17-18H,5-7,11-15H2,(H,21,23)/t17-,18+/m0/s1. The van der Waals surface area contributed by atoms with Gasteiger partial charge in [-0.2, -0.15) is 0 Å². The van der Waals surface area contributed by atoms with Crippen molar-refractivity contribution in [1.29, 1.82) is 0 Å². The molecule has 1 aliphatic carbocycles. The molecule has 2 atom stereocenters. The lowest BCUT2D eigenvalue weighted by molar-refractivity contribution is -0.135. The summed E-state index contributed by atoms with van der Waals surface area (Å²) in [5.41, 5.74) is 1.08. The molecule has 128 valence electrons. The zero-order valence-electron chi connectivity index (χ0n) is 14.1. The van der Waals surface area contributed by atoms with Crippen molar-refractivity contribution in [3.63, 3.8) is 0 Å². The summed E-state index contributed by atoms with van der Waals surface area (Å²) >= 11 is 0. The van der Waals surface area contributed by atoms with Crippen molar-refractivity contribution in [1.82, 2.24) is 10.2 Å². The second-order valence-electron chi connectivity index (χ2n) is 6.81. The van der Waals surface area contributed by atoms with E-state index in [1.807, 2.05) is 35.2 Å². The van der Waals surface area contributed by atoms with E-state index in [4.69, 9.17) is 0 Å². The van der Waals surface area contributed by atoms with E-state index in [1.54, 1.807) is 0 Å². The fourth-order valence-corrected chi connectivity index (χ4v) is 3.56. The normalized spacial score (nSPS) is 21.0. The van der Waals surface area contributed by atoms with Crippen molar-refractivity contribution in [2.75, 3.05) is 13.1 Å². The van der Waals surface area contributed by atoms with Crippen molar-refractivity contribution < 1.29 is 9.59 Å². The molecule has 2 aliphatic rings. The van der Waals surface area contributed by atoms with Crippen molar-refractivity contribution in [3.8, 4) is 0 Å². The maximum Gasteiger partial charge on any atom is 0.245 e. The maximum absolute atomic E-state index is 12.8. The summed E-state index contributed by atoms with van der Waals surface area (Å²) in [7, 11) is 0. The van der Waals surface area contributed by atoms with Crippen LogP contribution in [-0.2, 0) is 16.0 Å². The number of hydrogen-bond donors (Lipinski definition) is 1. The first-order valence-electron chi connectivity index (χ1n) is 9.01. The molecule has 1 aliphatic heterocycles. The number of carbonyl (C=O) groups is 2. The van der Waals surface area contributed by atoms with Gasteiger partial charge in [-0.3, -0.25) is 9.59 Å². The van der Waals surface area contributed by atoms with E-state index in [0.29, 0.717) is 18.8 Å². The first-order chi connectivity index (χ1) is 11.7. The van der Waals surface area contributed by atoms with Crippen molar-refractivity contribution in [2.45, 2.75) is 44.6 Å². The van der Waals surface area contributed by atoms with Crippen LogP contribution in [0.15, 0.2) is 42.5 Å². The van der Waals surface area contributed by atoms with Crippen LogP contribution in [0.5, 0.6) is 0 Å². The lowest BCUT2D eigenvalue weighted by Gasteiger charge is -2.24. The van der Waals surface area contributed by atoms with Gasteiger partial charge < -0.3 is 10.2 Å². The molecular formula is C20H26N2O2. The molecule has 1 saturated heterocycles. The van der Waals surface area contributed by atoms with Crippen LogP contribution < -0.4 is 5.32 Å². The van der Waals surface area contributed by atoms with Gasteiger partial charge in [0, 0.05) is 25.9 Å². The molecule has 0 aromatic heterocycles. The molecule has 0 spiro atoms. The van der Waals surface area contributed by atoms with Crippen LogP contribution >= 0.6 is 0 Å². The third kappa shape index (κ3) is 4.47. The number of nitrogens with one attached hydrogen (secondary N) is 1. The Morgan fingerprint density at radius 1 is 1.17 bits per heavy atom. The highest BCUT2D eigenvalue weighted by Gasteiger charge is 2.28. The number of benzene rings is 1. The maximum atomic E-state index is 12.8. The largest absolute Gasteiger partial charge is 0.344 e. The van der Waals surface area contributed by atoms with E-state index < -0.39 is 6.04 Å². The summed E-state index contributed by atoms with van der Waals surface area (Å²) in [6.45, 7) is 1.62. The van der Waals surface area contributed by atoms with E-state index in [2.05, 4.69) is 17.5 Å². The summed E-state index contributed by atoms with van der Waals surface area (Å²) in [4.78, 5) is 27.1. The van der Waals surface area contributed by atoms with Crippen LogP contribution in [0.4, 0.5) is 0 Å². The van der Waals surface area contributed by atoms with Gasteiger partial charge in [-0.25, -0.2) is 0 Å². The van der Waals surface area contributed by atoms with E-state index in [0.717, 1.165) is 44.3 Å². The second-order valence-corrected chi connectivity index (χ2v) is 6.81. The number of allylic oxidation sites excluding steroid dienone is 2. The number of nitrogens with zero attached hydrogens (tertiary/aromatic N) is 1. The number of rotatable bonds is 6. The first kappa shape index (κ1) is 16.7. The summed E-state index contributed by atoms with van der Waals surface area (Å²) < 4.78 is 0. The van der Waals surface area contributed by atoms with Crippen molar-refractivity contribution in [3.05, 3.63) is 48.0 Å². The Kier molecular flexibility index (Phi) is 5.68. The SMILES string of the molecule is O=C(C[C@H]1C=CCC1)N[C@H](Cc1ccccc1)C(=O)N1CCCC1. The van der Waals surface area contributed by atoms with E-state index in [9.17, 15) is 9.59 Å². The minimum atomic E-state index is -0.455. The molecule has 2 amide bonds. The van der Waals surface area contributed by atoms with Gasteiger partial charge in [0.25, 0.3) is 0 Å². The Morgan fingerprint density at radius 2 is 1.92 bits per heavy atom. The molecule has 1 fully saturated rings. The summed E-state index contributed by atoms with van der Waals surface area (Å²) in [6, 6.07) is 9.47. The van der Waals surface area contributed by atoms with Gasteiger partial charge in [-0.15, -0.1) is 0 Å². The van der Waals surface area contributed by atoms with E-state index in [-0.39, 0.29) is 11.8 Å². The minimum Gasteiger partial charge on any atom is -0.344 e. The van der Waals surface area contributed by atoms with Crippen LogP contribution in [0.3, 0.4) is 0 Å². The smallest absolute Gasteiger partial charge is 0.245 e. The molecule has 1 aromatic rings. The van der Waals surface area contributed by atoms with Crippen molar-refractivity contribution >= 4 is 11.8 Å². The molecule has 4 heteroatoms. The van der Waals surface area contributed by atoms with Crippen LogP contribution in [-0.4, -0.2) is 35.8 Å². The Hall–Kier alpha value is -2.10. The second kappa shape index (κ2) is 8.13. The molecule has 3 rings (SSSR count). The van der Waals surface area contributed by atoms with Crippen molar-refractivity contribution in [2.24, 2.45) is 5.92 Å². The lowest BCUT2D eigenvalue weighted by Crippen LogP contribution is -2.49. The molecule has 1 N–H and O–H groups in total. The predicted octanol–water partition coefficient (Wildman–Crippen LogP) is 2.69. The highest BCUT2D eigenvalue weighted by atomic mass is 16.2. The first-order valence-corrected chi connectivity index (χ1v) is 9.01. The third-order valence-electron chi connectivity index (χ3n) is 4.89. The quantitative estimate of drug-likeness (QED) is 0.817. The summed E-state index contributed by atoms with van der Waals surface area (Å²) in [5.74, 6) is 0.371. The molecule has 1 aromatic carbocycles. The Balaban J connectivity index is 1.64. The number of likely N-dealkylation sites (tertiary alicyclic amines) is 1. The summed E-state index contributed by atoms with van der Waals surface area (Å²) in [5, 5.41) is 3.01. The number of carbonyl (C=O) groups excluding carboxylic acids is 2. The Morgan fingerprint density at radius 3 is 2.58 bits per heavy atom. The van der Waals surface area contributed by atoms with Crippen LogP contribution in [0.25, 0.3) is 0 Å². The molecule has 0 radical (unpaired) electrons. The van der Waals surface area contributed by atoms with Gasteiger partial charge in [-0.1, -0.05) is 42.5 Å². The molecule has 0 bridgehead atoms. The van der Waals surface area contributed by atoms with Gasteiger partial charge in [-0.05, 0) is 37.2 Å². The van der Waals surface area contributed by atoms with Crippen LogP contribution in [0.1, 0.15) is 37.7 Å². The lowest BCUT2D eigenvalue weighted by atomic mass is 10.0. The minimum absolute atomic E-state index is 0.0139. The Bertz CT molecular complexity index is 591. The molecule has 24 heavy (non-hydrogen) atoms. The van der Waals surface area contributed by atoms with E-state index >= 15 is 0 Å². The summed E-state index contributed by atoms with van der Waals surface area (Å²) in [6.07, 6.45) is 9.50. The van der Waals surface area contributed by atoms with Gasteiger partial charge in [0.2, 0.25) is 11.8 Å². The van der Waals surface area contributed by atoms with Gasteiger partial charge >= 0.3 is 0 Å². The number of amides is 2. The van der Waals surface area contributed by atoms with Gasteiger partial charge in [0.05, 0.1) is 0 Å². The highest BCUT2D eigenvalue weighted by molar-refractivity contribution is 5.88. The van der Waals surface area contributed by atoms with Gasteiger partial charge in [0.15, 0.2) is 0 Å². The zero-order valence-corrected chi connectivity index (χ0v) is 14.1. The predicted molar refractivity (Wildman–Crippen MR) is 94.4 cm³/mol.